The number of ether oxygens (including phenoxy) is 2. The van der Waals surface area contributed by atoms with Crippen molar-refractivity contribution in [2.75, 3.05) is 27.3 Å². The van der Waals surface area contributed by atoms with Crippen LogP contribution < -0.4 is 0 Å². The SMILES string of the molecule is COC(=O)CC1CCCCN1CCC(C)(C)OC. The third-order valence-electron chi connectivity index (χ3n) is 3.93. The van der Waals surface area contributed by atoms with Crippen molar-refractivity contribution in [3.05, 3.63) is 0 Å². The number of carbonyl (C=O) groups is 1. The molecule has 0 spiro atoms. The zero-order chi connectivity index (χ0) is 13.6. The summed E-state index contributed by atoms with van der Waals surface area (Å²) < 4.78 is 10.2. The lowest BCUT2D eigenvalue weighted by Crippen LogP contribution is -2.43. The first-order valence-electron chi connectivity index (χ1n) is 6.84. The number of nitrogens with zero attached hydrogens (tertiary/aromatic N) is 1. The van der Waals surface area contributed by atoms with Gasteiger partial charge in [-0.2, -0.15) is 0 Å². The minimum Gasteiger partial charge on any atom is -0.469 e. The van der Waals surface area contributed by atoms with Crippen LogP contribution >= 0.6 is 0 Å². The molecule has 1 atom stereocenters. The van der Waals surface area contributed by atoms with E-state index in [1.807, 2.05) is 0 Å². The van der Waals surface area contributed by atoms with E-state index in [-0.39, 0.29) is 11.6 Å². The molecule has 0 aromatic carbocycles. The summed E-state index contributed by atoms with van der Waals surface area (Å²) >= 11 is 0. The Bertz CT molecular complexity index is 266. The van der Waals surface area contributed by atoms with E-state index >= 15 is 0 Å². The fraction of sp³-hybridized carbons (Fsp3) is 0.929. The summed E-state index contributed by atoms with van der Waals surface area (Å²) in [6.45, 7) is 6.28. The van der Waals surface area contributed by atoms with Crippen LogP contribution in [0.3, 0.4) is 0 Å². The molecule has 4 nitrogen and oxygen atoms in total. The Hall–Kier alpha value is -0.610. The molecule has 1 unspecified atom stereocenters. The highest BCUT2D eigenvalue weighted by molar-refractivity contribution is 5.69. The number of hydrogen-bond donors (Lipinski definition) is 0. The summed E-state index contributed by atoms with van der Waals surface area (Å²) in [6, 6.07) is 0.346. The van der Waals surface area contributed by atoms with Crippen LogP contribution in [0.2, 0.25) is 0 Å². The van der Waals surface area contributed by atoms with E-state index in [2.05, 4.69) is 18.7 Å². The minimum atomic E-state index is -0.0992. The molecular formula is C14H27NO3. The summed E-state index contributed by atoms with van der Waals surface area (Å²) in [5.74, 6) is -0.0992. The van der Waals surface area contributed by atoms with Crippen LogP contribution in [-0.2, 0) is 14.3 Å². The number of esters is 1. The topological polar surface area (TPSA) is 38.8 Å². The average Bonchev–Trinajstić information content (AvgIpc) is 2.37. The van der Waals surface area contributed by atoms with Crippen LogP contribution in [0.1, 0.15) is 46.0 Å². The summed E-state index contributed by atoms with van der Waals surface area (Å²) in [7, 11) is 3.21. The van der Waals surface area contributed by atoms with Crippen molar-refractivity contribution in [2.24, 2.45) is 0 Å². The summed E-state index contributed by atoms with van der Waals surface area (Å²) in [6.07, 6.45) is 5.05. The fourth-order valence-corrected chi connectivity index (χ4v) is 2.38. The van der Waals surface area contributed by atoms with Crippen molar-refractivity contribution in [2.45, 2.75) is 57.6 Å². The van der Waals surface area contributed by atoms with Gasteiger partial charge in [-0.25, -0.2) is 0 Å². The molecule has 0 aliphatic carbocycles. The van der Waals surface area contributed by atoms with Crippen LogP contribution in [-0.4, -0.2) is 49.8 Å². The second kappa shape index (κ2) is 7.10. The van der Waals surface area contributed by atoms with E-state index in [9.17, 15) is 4.79 Å². The van der Waals surface area contributed by atoms with E-state index in [4.69, 9.17) is 9.47 Å². The van der Waals surface area contributed by atoms with E-state index in [0.29, 0.717) is 12.5 Å². The Morgan fingerprint density at radius 2 is 2.06 bits per heavy atom. The molecule has 4 heteroatoms. The lowest BCUT2D eigenvalue weighted by molar-refractivity contribution is -0.142. The summed E-state index contributed by atoms with van der Waals surface area (Å²) in [4.78, 5) is 13.8. The number of likely N-dealkylation sites (tertiary alicyclic amines) is 1. The fourth-order valence-electron chi connectivity index (χ4n) is 2.38. The predicted molar refractivity (Wildman–Crippen MR) is 71.6 cm³/mol. The molecule has 1 aliphatic rings. The van der Waals surface area contributed by atoms with Gasteiger partial charge in [0, 0.05) is 19.7 Å². The summed E-state index contributed by atoms with van der Waals surface area (Å²) in [5, 5.41) is 0. The van der Waals surface area contributed by atoms with Crippen molar-refractivity contribution in [3.63, 3.8) is 0 Å². The van der Waals surface area contributed by atoms with Crippen molar-refractivity contribution in [1.29, 1.82) is 0 Å². The zero-order valence-electron chi connectivity index (χ0n) is 12.2. The molecule has 0 saturated carbocycles. The Labute approximate surface area is 111 Å². The molecule has 1 fully saturated rings. The summed E-state index contributed by atoms with van der Waals surface area (Å²) in [5.41, 5.74) is -0.0900. The van der Waals surface area contributed by atoms with Crippen LogP contribution in [0.15, 0.2) is 0 Å². The highest BCUT2D eigenvalue weighted by atomic mass is 16.5. The van der Waals surface area contributed by atoms with Gasteiger partial charge >= 0.3 is 5.97 Å². The monoisotopic (exact) mass is 257 g/mol. The second-order valence-corrected chi connectivity index (χ2v) is 5.68. The lowest BCUT2D eigenvalue weighted by Gasteiger charge is -2.37. The van der Waals surface area contributed by atoms with Gasteiger partial charge in [-0.15, -0.1) is 0 Å². The number of methoxy groups -OCH3 is 2. The molecule has 1 saturated heterocycles. The van der Waals surface area contributed by atoms with Crippen molar-refractivity contribution in [3.8, 4) is 0 Å². The number of carbonyl (C=O) groups excluding carboxylic acids is 1. The molecule has 106 valence electrons. The molecule has 1 aliphatic heterocycles. The number of piperidine rings is 1. The Kier molecular flexibility index (Phi) is 6.09. The van der Waals surface area contributed by atoms with Gasteiger partial charge in [-0.1, -0.05) is 6.42 Å². The molecule has 0 N–H and O–H groups in total. The highest BCUT2D eigenvalue weighted by Crippen LogP contribution is 2.22. The Morgan fingerprint density at radius 3 is 2.67 bits per heavy atom. The van der Waals surface area contributed by atoms with E-state index in [1.54, 1.807) is 7.11 Å². The third-order valence-corrected chi connectivity index (χ3v) is 3.93. The zero-order valence-corrected chi connectivity index (χ0v) is 12.2. The number of hydrogen-bond acceptors (Lipinski definition) is 4. The van der Waals surface area contributed by atoms with Crippen LogP contribution in [0.5, 0.6) is 0 Å². The van der Waals surface area contributed by atoms with E-state index in [0.717, 1.165) is 25.9 Å². The van der Waals surface area contributed by atoms with Crippen LogP contribution in [0, 0.1) is 0 Å². The predicted octanol–water partition coefficient (Wildman–Crippen LogP) is 2.22. The molecule has 1 heterocycles. The molecule has 18 heavy (non-hydrogen) atoms. The normalized spacial score (nSPS) is 21.9. The maximum atomic E-state index is 11.4. The van der Waals surface area contributed by atoms with Gasteiger partial charge in [0.1, 0.15) is 0 Å². The van der Waals surface area contributed by atoms with Gasteiger partial charge in [-0.05, 0) is 39.7 Å². The Balaban J connectivity index is 2.46. The van der Waals surface area contributed by atoms with Crippen molar-refractivity contribution < 1.29 is 14.3 Å². The van der Waals surface area contributed by atoms with Gasteiger partial charge in [0.05, 0.1) is 19.1 Å². The quantitative estimate of drug-likeness (QED) is 0.684. The first-order chi connectivity index (χ1) is 8.48. The molecule has 0 amide bonds. The molecule has 0 radical (unpaired) electrons. The molecule has 0 aromatic heterocycles. The van der Waals surface area contributed by atoms with Crippen LogP contribution in [0.4, 0.5) is 0 Å². The Morgan fingerprint density at radius 1 is 1.33 bits per heavy atom. The maximum Gasteiger partial charge on any atom is 0.307 e. The molecule has 1 rings (SSSR count). The van der Waals surface area contributed by atoms with Gasteiger partial charge in [-0.3, -0.25) is 9.69 Å². The smallest absolute Gasteiger partial charge is 0.307 e. The van der Waals surface area contributed by atoms with Gasteiger partial charge < -0.3 is 9.47 Å². The van der Waals surface area contributed by atoms with Crippen molar-refractivity contribution >= 4 is 5.97 Å². The number of rotatable bonds is 6. The minimum absolute atomic E-state index is 0.0900. The largest absolute Gasteiger partial charge is 0.469 e. The molecule has 0 aromatic rings. The van der Waals surface area contributed by atoms with E-state index < -0.39 is 0 Å². The second-order valence-electron chi connectivity index (χ2n) is 5.68. The van der Waals surface area contributed by atoms with Gasteiger partial charge in [0.15, 0.2) is 0 Å². The standard InChI is InChI=1S/C14H27NO3/c1-14(2,18-4)8-10-15-9-6-5-7-12(15)11-13(16)17-3/h12H,5-11H2,1-4H3. The van der Waals surface area contributed by atoms with Gasteiger partial charge in [0.2, 0.25) is 0 Å². The highest BCUT2D eigenvalue weighted by Gasteiger charge is 2.27. The lowest BCUT2D eigenvalue weighted by atomic mass is 9.97. The average molecular weight is 257 g/mol. The maximum absolute atomic E-state index is 11.4. The first-order valence-corrected chi connectivity index (χ1v) is 6.84. The van der Waals surface area contributed by atoms with E-state index in [1.165, 1.54) is 20.0 Å². The third kappa shape index (κ3) is 4.94. The molecule has 0 bridgehead atoms. The van der Waals surface area contributed by atoms with Crippen molar-refractivity contribution in [1.82, 2.24) is 4.90 Å². The van der Waals surface area contributed by atoms with Crippen LogP contribution in [0.25, 0.3) is 0 Å². The van der Waals surface area contributed by atoms with Gasteiger partial charge in [0.25, 0.3) is 0 Å². The first kappa shape index (κ1) is 15.4. The molecular weight excluding hydrogens is 230 g/mol.